The number of anilines is 1. The molecule has 0 bridgehead atoms. The van der Waals surface area contributed by atoms with E-state index < -0.39 is 0 Å². The molecule has 23 heavy (non-hydrogen) atoms. The molecule has 2 amide bonds. The van der Waals surface area contributed by atoms with Crippen molar-refractivity contribution in [2.24, 2.45) is 11.7 Å². The number of halogens is 2. The molecule has 2 aliphatic rings. The first-order chi connectivity index (χ1) is 10.6. The molecule has 2 saturated heterocycles. The van der Waals surface area contributed by atoms with E-state index in [0.29, 0.717) is 13.1 Å². The smallest absolute Gasteiger partial charge is 0.228 e. The third kappa shape index (κ3) is 3.54. The maximum absolute atomic E-state index is 12.7. The zero-order valence-electron chi connectivity index (χ0n) is 12.8. The van der Waals surface area contributed by atoms with Crippen LogP contribution < -0.4 is 10.6 Å². The molecular weight excluding hydrogens is 382 g/mol. The summed E-state index contributed by atoms with van der Waals surface area (Å²) < 4.78 is 0.873. The van der Waals surface area contributed by atoms with Crippen LogP contribution in [0.1, 0.15) is 19.3 Å². The average molecular weight is 403 g/mol. The number of nitrogens with zero attached hydrogens (tertiary/aromatic N) is 2. The number of benzene rings is 1. The van der Waals surface area contributed by atoms with Gasteiger partial charge in [0.2, 0.25) is 11.8 Å². The summed E-state index contributed by atoms with van der Waals surface area (Å²) in [6.07, 6.45) is 2.26. The van der Waals surface area contributed by atoms with Crippen LogP contribution in [0.2, 0.25) is 0 Å². The maximum Gasteiger partial charge on any atom is 0.228 e. The zero-order valence-corrected chi connectivity index (χ0v) is 15.2. The summed E-state index contributed by atoms with van der Waals surface area (Å²) in [6.45, 7) is 1.72. The van der Waals surface area contributed by atoms with Crippen molar-refractivity contribution in [3.63, 3.8) is 0 Å². The molecule has 1 aromatic carbocycles. The molecule has 2 N–H and O–H groups in total. The van der Waals surface area contributed by atoms with Gasteiger partial charge in [-0.1, -0.05) is 12.1 Å². The van der Waals surface area contributed by atoms with Crippen molar-refractivity contribution >= 4 is 45.8 Å². The van der Waals surface area contributed by atoms with Gasteiger partial charge in [0.25, 0.3) is 0 Å². The number of likely N-dealkylation sites (tertiary alicyclic amines) is 1. The first kappa shape index (κ1) is 18.2. The highest BCUT2D eigenvalue weighted by molar-refractivity contribution is 9.10. The standard InChI is InChI=1S/C16H20BrN3O2.ClH/c17-13-5-1-2-6-14(13)20-10-11(8-15(20)21)16(22)19-7-3-4-12(19)9-18;/h1-2,5-6,11-12H,3-4,7-10,18H2;1H. The predicted molar refractivity (Wildman–Crippen MR) is 95.6 cm³/mol. The van der Waals surface area contributed by atoms with Gasteiger partial charge in [0.1, 0.15) is 0 Å². The second-order valence-corrected chi connectivity index (χ2v) is 6.77. The lowest BCUT2D eigenvalue weighted by molar-refractivity contribution is -0.136. The largest absolute Gasteiger partial charge is 0.338 e. The molecule has 1 aromatic rings. The molecule has 0 aliphatic carbocycles. The highest BCUT2D eigenvalue weighted by Crippen LogP contribution is 2.32. The highest BCUT2D eigenvalue weighted by atomic mass is 79.9. The fraction of sp³-hybridized carbons (Fsp3) is 0.500. The summed E-state index contributed by atoms with van der Waals surface area (Å²) >= 11 is 3.47. The Kier molecular flexibility index (Phi) is 6.06. The Morgan fingerprint density at radius 3 is 2.78 bits per heavy atom. The maximum atomic E-state index is 12.7. The van der Waals surface area contributed by atoms with Crippen molar-refractivity contribution in [2.45, 2.75) is 25.3 Å². The molecule has 3 rings (SSSR count). The second kappa shape index (κ2) is 7.64. The summed E-state index contributed by atoms with van der Waals surface area (Å²) in [5.74, 6) is -0.170. The van der Waals surface area contributed by atoms with Crippen LogP contribution in [0.15, 0.2) is 28.7 Å². The molecule has 2 fully saturated rings. The minimum absolute atomic E-state index is 0. The van der Waals surface area contributed by atoms with Crippen LogP contribution >= 0.6 is 28.3 Å². The van der Waals surface area contributed by atoms with E-state index in [1.54, 1.807) is 4.90 Å². The Balaban J connectivity index is 0.00000192. The van der Waals surface area contributed by atoms with E-state index in [1.807, 2.05) is 29.2 Å². The Morgan fingerprint density at radius 2 is 2.09 bits per heavy atom. The van der Waals surface area contributed by atoms with Gasteiger partial charge in [-0.05, 0) is 40.9 Å². The van der Waals surface area contributed by atoms with Crippen LogP contribution in [-0.2, 0) is 9.59 Å². The molecule has 2 unspecified atom stereocenters. The first-order valence-corrected chi connectivity index (χ1v) is 8.46. The second-order valence-electron chi connectivity index (χ2n) is 5.92. The molecule has 0 aromatic heterocycles. The molecule has 126 valence electrons. The minimum Gasteiger partial charge on any atom is -0.338 e. The van der Waals surface area contributed by atoms with Crippen LogP contribution in [0, 0.1) is 5.92 Å². The molecule has 5 nitrogen and oxygen atoms in total. The van der Waals surface area contributed by atoms with Gasteiger partial charge >= 0.3 is 0 Å². The number of rotatable bonds is 3. The summed E-state index contributed by atoms with van der Waals surface area (Å²) in [5.41, 5.74) is 6.58. The quantitative estimate of drug-likeness (QED) is 0.842. The van der Waals surface area contributed by atoms with Crippen molar-refractivity contribution in [1.29, 1.82) is 0 Å². The lowest BCUT2D eigenvalue weighted by Gasteiger charge is -2.26. The third-order valence-electron chi connectivity index (χ3n) is 4.55. The van der Waals surface area contributed by atoms with Crippen LogP contribution in [0.4, 0.5) is 5.69 Å². The Morgan fingerprint density at radius 1 is 1.35 bits per heavy atom. The number of carbonyl (C=O) groups is 2. The van der Waals surface area contributed by atoms with E-state index >= 15 is 0 Å². The molecule has 0 radical (unpaired) electrons. The van der Waals surface area contributed by atoms with E-state index in [-0.39, 0.29) is 42.6 Å². The fourth-order valence-corrected chi connectivity index (χ4v) is 3.88. The Bertz CT molecular complexity index is 598. The van der Waals surface area contributed by atoms with Gasteiger partial charge in [-0.15, -0.1) is 12.4 Å². The monoisotopic (exact) mass is 401 g/mol. The molecule has 0 spiro atoms. The van der Waals surface area contributed by atoms with Crippen LogP contribution in [0.5, 0.6) is 0 Å². The van der Waals surface area contributed by atoms with E-state index in [1.165, 1.54) is 0 Å². The van der Waals surface area contributed by atoms with E-state index in [4.69, 9.17) is 5.73 Å². The molecular formula is C16H21BrClN3O2. The molecule has 0 saturated carbocycles. The summed E-state index contributed by atoms with van der Waals surface area (Å²) in [6, 6.07) is 7.75. The van der Waals surface area contributed by atoms with Gasteiger partial charge in [0.15, 0.2) is 0 Å². The van der Waals surface area contributed by atoms with Crippen LogP contribution in [0.25, 0.3) is 0 Å². The lowest BCUT2D eigenvalue weighted by atomic mass is 10.1. The van der Waals surface area contributed by atoms with Crippen molar-refractivity contribution < 1.29 is 9.59 Å². The van der Waals surface area contributed by atoms with Crippen molar-refractivity contribution in [3.8, 4) is 0 Å². The molecule has 2 atom stereocenters. The van der Waals surface area contributed by atoms with Gasteiger partial charge in [0, 0.05) is 36.6 Å². The van der Waals surface area contributed by atoms with E-state index in [2.05, 4.69) is 15.9 Å². The number of para-hydroxylation sites is 1. The number of nitrogens with two attached hydrogens (primary N) is 1. The number of hydrogen-bond acceptors (Lipinski definition) is 3. The summed E-state index contributed by atoms with van der Waals surface area (Å²) in [7, 11) is 0. The SMILES string of the molecule is Cl.NCC1CCCN1C(=O)C1CC(=O)N(c2ccccc2Br)C1. The zero-order chi connectivity index (χ0) is 15.7. The molecule has 2 heterocycles. The van der Waals surface area contributed by atoms with Crippen LogP contribution in [-0.4, -0.2) is 42.4 Å². The Labute approximate surface area is 150 Å². The Hall–Kier alpha value is -1.11. The van der Waals surface area contributed by atoms with E-state index in [0.717, 1.165) is 29.5 Å². The van der Waals surface area contributed by atoms with Gasteiger partial charge in [0.05, 0.1) is 11.6 Å². The van der Waals surface area contributed by atoms with Crippen molar-refractivity contribution in [3.05, 3.63) is 28.7 Å². The topological polar surface area (TPSA) is 66.6 Å². The van der Waals surface area contributed by atoms with Gasteiger partial charge in [-0.2, -0.15) is 0 Å². The number of hydrogen-bond donors (Lipinski definition) is 1. The van der Waals surface area contributed by atoms with E-state index in [9.17, 15) is 9.59 Å². The number of amides is 2. The van der Waals surface area contributed by atoms with Crippen molar-refractivity contribution in [1.82, 2.24) is 4.90 Å². The lowest BCUT2D eigenvalue weighted by Crippen LogP contribution is -2.43. The minimum atomic E-state index is -0.258. The van der Waals surface area contributed by atoms with Gasteiger partial charge in [-0.3, -0.25) is 9.59 Å². The average Bonchev–Trinajstić information content (AvgIpc) is 3.13. The van der Waals surface area contributed by atoms with Gasteiger partial charge in [-0.25, -0.2) is 0 Å². The number of carbonyl (C=O) groups excluding carboxylic acids is 2. The van der Waals surface area contributed by atoms with Gasteiger partial charge < -0.3 is 15.5 Å². The highest BCUT2D eigenvalue weighted by Gasteiger charge is 2.40. The normalized spacial score (nSPS) is 24.0. The summed E-state index contributed by atoms with van der Waals surface area (Å²) in [5, 5.41) is 0. The molecule has 7 heteroatoms. The fourth-order valence-electron chi connectivity index (χ4n) is 3.38. The van der Waals surface area contributed by atoms with Crippen LogP contribution in [0.3, 0.4) is 0 Å². The predicted octanol–water partition coefficient (Wildman–Crippen LogP) is 2.17. The first-order valence-electron chi connectivity index (χ1n) is 7.67. The van der Waals surface area contributed by atoms with Crippen molar-refractivity contribution in [2.75, 3.05) is 24.5 Å². The summed E-state index contributed by atoms with van der Waals surface area (Å²) in [4.78, 5) is 28.6. The third-order valence-corrected chi connectivity index (χ3v) is 5.22. The molecule has 2 aliphatic heterocycles.